The molecular weight excluding hydrogens is 208 g/mol. The van der Waals surface area contributed by atoms with E-state index in [1.165, 1.54) is 64.5 Å². The first-order valence-corrected chi connectivity index (χ1v) is 7.73. The fourth-order valence-corrected chi connectivity index (χ4v) is 3.08. The van der Waals surface area contributed by atoms with Crippen molar-refractivity contribution in [2.24, 2.45) is 0 Å². The van der Waals surface area contributed by atoms with Crippen molar-refractivity contribution in [3.63, 3.8) is 0 Å². The summed E-state index contributed by atoms with van der Waals surface area (Å²) >= 11 is 0. The molecule has 0 aromatic rings. The third-order valence-electron chi connectivity index (χ3n) is 4.28. The Labute approximate surface area is 108 Å². The van der Waals surface area contributed by atoms with Gasteiger partial charge < -0.3 is 10.2 Å². The largest absolute Gasteiger partial charge is 0.317 e. The van der Waals surface area contributed by atoms with Gasteiger partial charge in [0.25, 0.3) is 0 Å². The summed E-state index contributed by atoms with van der Waals surface area (Å²) in [6.45, 7) is 7.30. The van der Waals surface area contributed by atoms with Crippen molar-refractivity contribution < 1.29 is 0 Å². The van der Waals surface area contributed by atoms with Crippen LogP contribution < -0.4 is 5.32 Å². The Balaban J connectivity index is 2.36. The van der Waals surface area contributed by atoms with Gasteiger partial charge in [-0.3, -0.25) is 0 Å². The van der Waals surface area contributed by atoms with Crippen molar-refractivity contribution in [2.45, 2.75) is 77.3 Å². The molecule has 1 aliphatic rings. The van der Waals surface area contributed by atoms with E-state index in [1.807, 2.05) is 0 Å². The monoisotopic (exact) mass is 240 g/mol. The third-order valence-corrected chi connectivity index (χ3v) is 4.28. The molecule has 0 aliphatic carbocycles. The highest BCUT2D eigenvalue weighted by Gasteiger charge is 2.19. The zero-order valence-corrected chi connectivity index (χ0v) is 12.2. The molecule has 1 unspecified atom stereocenters. The lowest BCUT2D eigenvalue weighted by Gasteiger charge is -2.34. The molecule has 0 bridgehead atoms. The van der Waals surface area contributed by atoms with Crippen molar-refractivity contribution >= 4 is 0 Å². The van der Waals surface area contributed by atoms with E-state index in [2.05, 4.69) is 31.1 Å². The van der Waals surface area contributed by atoms with Gasteiger partial charge in [-0.15, -0.1) is 0 Å². The fraction of sp³-hybridized carbons (Fsp3) is 1.00. The van der Waals surface area contributed by atoms with Crippen LogP contribution >= 0.6 is 0 Å². The summed E-state index contributed by atoms with van der Waals surface area (Å²) in [6, 6.07) is 1.62. The van der Waals surface area contributed by atoms with Gasteiger partial charge in [-0.05, 0) is 58.7 Å². The molecule has 0 spiro atoms. The first-order valence-electron chi connectivity index (χ1n) is 7.73. The summed E-state index contributed by atoms with van der Waals surface area (Å²) in [5, 5.41) is 3.45. The lowest BCUT2D eigenvalue weighted by atomic mass is 9.99. The Kier molecular flexibility index (Phi) is 7.87. The van der Waals surface area contributed by atoms with Crippen LogP contribution in [0.4, 0.5) is 0 Å². The fourth-order valence-electron chi connectivity index (χ4n) is 3.08. The zero-order valence-electron chi connectivity index (χ0n) is 12.2. The van der Waals surface area contributed by atoms with Gasteiger partial charge in [0.05, 0.1) is 0 Å². The molecule has 1 atom stereocenters. The minimum Gasteiger partial charge on any atom is -0.317 e. The van der Waals surface area contributed by atoms with Crippen LogP contribution in [-0.2, 0) is 0 Å². The van der Waals surface area contributed by atoms with E-state index in [1.54, 1.807) is 0 Å². The van der Waals surface area contributed by atoms with Crippen LogP contribution in [0.1, 0.15) is 65.2 Å². The van der Waals surface area contributed by atoms with Gasteiger partial charge in [0.15, 0.2) is 0 Å². The van der Waals surface area contributed by atoms with E-state index in [4.69, 9.17) is 0 Å². The maximum Gasteiger partial charge on any atom is 0.00926 e. The molecule has 0 radical (unpaired) electrons. The molecule has 0 saturated carbocycles. The molecule has 2 nitrogen and oxygen atoms in total. The molecule has 0 aromatic heterocycles. The molecule has 1 aliphatic heterocycles. The Morgan fingerprint density at radius 1 is 1.18 bits per heavy atom. The molecule has 17 heavy (non-hydrogen) atoms. The number of hydrogen-bond donors (Lipinski definition) is 1. The van der Waals surface area contributed by atoms with E-state index in [0.717, 1.165) is 12.1 Å². The number of rotatable bonds is 6. The summed E-state index contributed by atoms with van der Waals surface area (Å²) in [7, 11) is 2.11. The molecule has 1 rings (SSSR count). The maximum atomic E-state index is 3.45. The van der Waals surface area contributed by atoms with E-state index in [9.17, 15) is 0 Å². The van der Waals surface area contributed by atoms with Gasteiger partial charge in [-0.25, -0.2) is 0 Å². The van der Waals surface area contributed by atoms with Crippen molar-refractivity contribution in [2.75, 3.05) is 20.1 Å². The Hall–Kier alpha value is -0.0800. The average molecular weight is 240 g/mol. The van der Waals surface area contributed by atoms with Crippen LogP contribution in [0.3, 0.4) is 0 Å². The SMILES string of the molecule is CCCCC(CC)N1CCCC(NC)CCC1. The average Bonchev–Trinajstić information content (AvgIpc) is 2.32. The molecule has 102 valence electrons. The third kappa shape index (κ3) is 5.39. The summed E-state index contributed by atoms with van der Waals surface area (Å²) in [5.74, 6) is 0. The van der Waals surface area contributed by atoms with Gasteiger partial charge >= 0.3 is 0 Å². The molecule has 0 aromatic carbocycles. The normalized spacial score (nSPS) is 22.1. The van der Waals surface area contributed by atoms with E-state index < -0.39 is 0 Å². The lowest BCUT2D eigenvalue weighted by Crippen LogP contribution is -2.39. The topological polar surface area (TPSA) is 15.3 Å². The Morgan fingerprint density at radius 3 is 2.29 bits per heavy atom. The Morgan fingerprint density at radius 2 is 1.82 bits per heavy atom. The predicted molar refractivity (Wildman–Crippen MR) is 76.5 cm³/mol. The minimum atomic E-state index is 0.771. The van der Waals surface area contributed by atoms with E-state index in [-0.39, 0.29) is 0 Å². The first-order chi connectivity index (χ1) is 8.31. The zero-order chi connectivity index (χ0) is 12.5. The van der Waals surface area contributed by atoms with Crippen LogP contribution in [0.15, 0.2) is 0 Å². The van der Waals surface area contributed by atoms with Crippen molar-refractivity contribution in [3.8, 4) is 0 Å². The maximum absolute atomic E-state index is 3.45. The lowest BCUT2D eigenvalue weighted by molar-refractivity contribution is 0.157. The van der Waals surface area contributed by atoms with Gasteiger partial charge in [0, 0.05) is 12.1 Å². The van der Waals surface area contributed by atoms with Gasteiger partial charge in [0.1, 0.15) is 0 Å². The first kappa shape index (κ1) is 15.0. The molecular formula is C15H32N2. The van der Waals surface area contributed by atoms with Crippen LogP contribution in [0.2, 0.25) is 0 Å². The summed E-state index contributed by atoms with van der Waals surface area (Å²) in [6.07, 6.45) is 10.9. The van der Waals surface area contributed by atoms with Crippen LogP contribution in [0.25, 0.3) is 0 Å². The quantitative estimate of drug-likeness (QED) is 0.765. The highest BCUT2D eigenvalue weighted by molar-refractivity contribution is 4.76. The summed E-state index contributed by atoms with van der Waals surface area (Å²) in [4.78, 5) is 2.77. The van der Waals surface area contributed by atoms with Gasteiger partial charge in [0.2, 0.25) is 0 Å². The molecule has 1 saturated heterocycles. The smallest absolute Gasteiger partial charge is 0.00926 e. The van der Waals surface area contributed by atoms with Gasteiger partial charge in [-0.1, -0.05) is 26.7 Å². The highest BCUT2D eigenvalue weighted by atomic mass is 15.1. The van der Waals surface area contributed by atoms with Crippen LogP contribution in [-0.4, -0.2) is 37.1 Å². The second-order valence-corrected chi connectivity index (χ2v) is 5.51. The molecule has 1 fully saturated rings. The summed E-state index contributed by atoms with van der Waals surface area (Å²) < 4.78 is 0. The number of likely N-dealkylation sites (tertiary alicyclic amines) is 1. The van der Waals surface area contributed by atoms with Crippen LogP contribution in [0, 0.1) is 0 Å². The van der Waals surface area contributed by atoms with Crippen molar-refractivity contribution in [3.05, 3.63) is 0 Å². The second-order valence-electron chi connectivity index (χ2n) is 5.51. The second kappa shape index (κ2) is 8.93. The van der Waals surface area contributed by atoms with Crippen LogP contribution in [0.5, 0.6) is 0 Å². The number of nitrogens with one attached hydrogen (secondary N) is 1. The van der Waals surface area contributed by atoms with Gasteiger partial charge in [-0.2, -0.15) is 0 Å². The number of unbranched alkanes of at least 4 members (excludes halogenated alkanes) is 1. The number of hydrogen-bond acceptors (Lipinski definition) is 2. The standard InChI is InChI=1S/C15H32N2/c1-4-6-11-15(5-2)17-12-7-9-14(16-3)10-8-13-17/h14-16H,4-13H2,1-3H3. The molecule has 1 heterocycles. The number of nitrogens with zero attached hydrogens (tertiary/aromatic N) is 1. The summed E-state index contributed by atoms with van der Waals surface area (Å²) in [5.41, 5.74) is 0. The Bertz CT molecular complexity index is 172. The van der Waals surface area contributed by atoms with Crippen molar-refractivity contribution in [1.82, 2.24) is 10.2 Å². The van der Waals surface area contributed by atoms with E-state index >= 15 is 0 Å². The molecule has 2 heteroatoms. The predicted octanol–water partition coefficient (Wildman–Crippen LogP) is 3.42. The highest BCUT2D eigenvalue weighted by Crippen LogP contribution is 2.18. The minimum absolute atomic E-state index is 0.771. The molecule has 1 N–H and O–H groups in total. The molecule has 0 amide bonds. The van der Waals surface area contributed by atoms with Crippen molar-refractivity contribution in [1.29, 1.82) is 0 Å². The van der Waals surface area contributed by atoms with E-state index in [0.29, 0.717) is 0 Å².